The second kappa shape index (κ2) is 17.7. The number of nitriles is 4. The van der Waals surface area contributed by atoms with Crippen LogP contribution in [0.2, 0.25) is 0 Å². The molecule has 74 heavy (non-hydrogen) atoms. The summed E-state index contributed by atoms with van der Waals surface area (Å²) in [5, 5.41) is 42.4. The molecule has 9 aromatic carbocycles. The van der Waals surface area contributed by atoms with Crippen LogP contribution >= 0.6 is 0 Å². The Morgan fingerprint density at radius 3 is 1.05 bits per heavy atom. The SMILES string of the molecule is N#Cc1cccc(-c2ccc3c(c2)c2cc(-c4cccc(C#N)c4)ccc2n3-c2ccncc2-c2ccc(C(F)(F)F)cc2-n2c3ccc(-c4cccc(C#N)c4)cc3c3cc(-c4cccc(C#N)c4)ccc32)c1. The lowest BCUT2D eigenvalue weighted by Gasteiger charge is -2.20. The van der Waals surface area contributed by atoms with Crippen LogP contribution in [0.15, 0.2) is 207 Å². The molecule has 0 aliphatic heterocycles. The summed E-state index contributed by atoms with van der Waals surface area (Å²) >= 11 is 0. The van der Waals surface area contributed by atoms with Crippen molar-refractivity contribution in [1.82, 2.24) is 14.1 Å². The van der Waals surface area contributed by atoms with Crippen LogP contribution in [-0.4, -0.2) is 14.1 Å². The summed E-state index contributed by atoms with van der Waals surface area (Å²) in [5.41, 5.74) is 12.9. The topological polar surface area (TPSA) is 118 Å². The van der Waals surface area contributed by atoms with Gasteiger partial charge in [-0.15, -0.1) is 0 Å². The van der Waals surface area contributed by atoms with Gasteiger partial charge in [-0.25, -0.2) is 0 Å². The number of nitrogens with zero attached hydrogens (tertiary/aromatic N) is 7. The molecule has 12 rings (SSSR count). The monoisotopic (exact) mass is 957 g/mol. The lowest BCUT2D eigenvalue weighted by atomic mass is 9.99. The molecule has 0 N–H and O–H groups in total. The van der Waals surface area contributed by atoms with Gasteiger partial charge in [0, 0.05) is 45.1 Å². The molecule has 0 spiro atoms. The first-order valence-electron chi connectivity index (χ1n) is 23.5. The molecule has 10 heteroatoms. The highest BCUT2D eigenvalue weighted by molar-refractivity contribution is 6.14. The smallest absolute Gasteiger partial charge is 0.309 e. The van der Waals surface area contributed by atoms with E-state index in [9.17, 15) is 21.0 Å². The van der Waals surface area contributed by atoms with Gasteiger partial charge in [0.15, 0.2) is 0 Å². The summed E-state index contributed by atoms with van der Waals surface area (Å²) < 4.78 is 49.4. The zero-order chi connectivity index (χ0) is 50.7. The fraction of sp³-hybridized carbons (Fsp3) is 0.0156. The van der Waals surface area contributed by atoms with Gasteiger partial charge in [-0.2, -0.15) is 34.2 Å². The van der Waals surface area contributed by atoms with Gasteiger partial charge in [0.1, 0.15) is 0 Å². The zero-order valence-electron chi connectivity index (χ0n) is 38.9. The number of benzene rings is 9. The summed E-state index contributed by atoms with van der Waals surface area (Å²) in [6, 6.07) is 68.0. The van der Waals surface area contributed by atoms with E-state index in [2.05, 4.69) is 46.0 Å². The Kier molecular flexibility index (Phi) is 10.7. The number of pyridine rings is 1. The normalized spacial score (nSPS) is 11.4. The maximum atomic E-state index is 15.1. The molecule has 7 nitrogen and oxygen atoms in total. The molecule has 3 aromatic heterocycles. The molecular weight excluding hydrogens is 924 g/mol. The maximum absolute atomic E-state index is 15.1. The molecule has 0 amide bonds. The van der Waals surface area contributed by atoms with Crippen molar-refractivity contribution in [2.45, 2.75) is 6.18 Å². The first kappa shape index (κ1) is 44.7. The molecule has 0 unspecified atom stereocenters. The van der Waals surface area contributed by atoms with Crippen LogP contribution in [-0.2, 0) is 6.18 Å². The van der Waals surface area contributed by atoms with Crippen LogP contribution in [0.25, 0.3) is 111 Å². The first-order chi connectivity index (χ1) is 36.1. The number of fused-ring (bicyclic) bond motifs is 6. The summed E-state index contributed by atoms with van der Waals surface area (Å²) in [7, 11) is 0. The Morgan fingerprint density at radius 2 is 0.703 bits per heavy atom. The molecule has 0 fully saturated rings. The maximum Gasteiger partial charge on any atom is 0.416 e. The first-order valence-corrected chi connectivity index (χ1v) is 23.5. The Hall–Kier alpha value is -10.5. The molecular formula is C64H34F3N7. The van der Waals surface area contributed by atoms with Crippen molar-refractivity contribution in [1.29, 1.82) is 21.0 Å². The van der Waals surface area contributed by atoms with E-state index in [1.807, 2.05) is 144 Å². The average Bonchev–Trinajstić information content (AvgIpc) is 3.98. The summed E-state index contributed by atoms with van der Waals surface area (Å²) in [6.07, 6.45) is -1.32. The molecule has 0 saturated heterocycles. The number of hydrogen-bond acceptors (Lipinski definition) is 5. The third-order valence-electron chi connectivity index (χ3n) is 13.7. The van der Waals surface area contributed by atoms with Crippen LogP contribution in [0.3, 0.4) is 0 Å². The lowest BCUT2D eigenvalue weighted by Crippen LogP contribution is -2.08. The Balaban J connectivity index is 1.13. The molecule has 0 radical (unpaired) electrons. The van der Waals surface area contributed by atoms with Gasteiger partial charge < -0.3 is 9.13 Å². The number of aromatic nitrogens is 3. The second-order valence-corrected chi connectivity index (χ2v) is 18.0. The Bertz CT molecular complexity index is 4260. The molecule has 0 aliphatic rings. The minimum atomic E-state index is -4.69. The quantitative estimate of drug-likeness (QED) is 0.158. The van der Waals surface area contributed by atoms with Gasteiger partial charge in [-0.05, 0) is 160 Å². The molecule has 0 atom stereocenters. The third kappa shape index (κ3) is 7.65. The molecule has 0 bridgehead atoms. The minimum absolute atomic E-state index is 0.271. The van der Waals surface area contributed by atoms with Crippen molar-refractivity contribution >= 4 is 43.6 Å². The fourth-order valence-electron chi connectivity index (χ4n) is 10.3. The van der Waals surface area contributed by atoms with E-state index in [0.717, 1.165) is 83.2 Å². The van der Waals surface area contributed by atoms with E-state index in [1.165, 1.54) is 12.1 Å². The van der Waals surface area contributed by atoms with Crippen LogP contribution in [0.1, 0.15) is 27.8 Å². The number of halogens is 3. The minimum Gasteiger partial charge on any atom is -0.309 e. The molecule has 3 heterocycles. The standard InChI is InChI=1S/C64H34F3N7/c65-64(66,67)51-17-18-52(63(33-51)74-60-21-15-49(45-11-3-7-41(27-45)36-70)31-55(60)56-32-50(16-22-61(56)74)46-12-4-8-42(28-46)37-71)57-38-72-24-23-62(57)73-58-19-13-47(43-9-1-5-39(25-43)34-68)29-53(58)54-30-48(14-20-59(54)73)44-10-2-6-40(26-44)35-69/h1-33,38H. The summed E-state index contributed by atoms with van der Waals surface area (Å²) in [6.45, 7) is 0. The molecule has 0 saturated carbocycles. The zero-order valence-corrected chi connectivity index (χ0v) is 38.9. The summed E-state index contributed by atoms with van der Waals surface area (Å²) in [5.74, 6) is 0. The molecule has 346 valence electrons. The highest BCUT2D eigenvalue weighted by Crippen LogP contribution is 2.45. The van der Waals surface area contributed by atoms with E-state index >= 15 is 13.2 Å². The highest BCUT2D eigenvalue weighted by atomic mass is 19.4. The predicted molar refractivity (Wildman–Crippen MR) is 284 cm³/mol. The van der Waals surface area contributed by atoms with Gasteiger partial charge in [0.2, 0.25) is 0 Å². The van der Waals surface area contributed by atoms with Gasteiger partial charge in [-0.1, -0.05) is 78.9 Å². The van der Waals surface area contributed by atoms with E-state index in [1.54, 1.807) is 36.7 Å². The van der Waals surface area contributed by atoms with E-state index < -0.39 is 11.7 Å². The van der Waals surface area contributed by atoms with Crippen molar-refractivity contribution in [3.05, 3.63) is 234 Å². The van der Waals surface area contributed by atoms with Crippen LogP contribution in [0, 0.1) is 45.3 Å². The Labute approximate surface area is 422 Å². The highest BCUT2D eigenvalue weighted by Gasteiger charge is 2.32. The van der Waals surface area contributed by atoms with E-state index in [4.69, 9.17) is 0 Å². The van der Waals surface area contributed by atoms with Crippen molar-refractivity contribution in [2.75, 3.05) is 0 Å². The van der Waals surface area contributed by atoms with E-state index in [-0.39, 0.29) is 5.69 Å². The fourth-order valence-corrected chi connectivity index (χ4v) is 10.3. The molecule has 12 aromatic rings. The third-order valence-corrected chi connectivity index (χ3v) is 13.7. The van der Waals surface area contributed by atoms with Crippen LogP contribution in [0.4, 0.5) is 13.2 Å². The van der Waals surface area contributed by atoms with Crippen LogP contribution < -0.4 is 0 Å². The van der Waals surface area contributed by atoms with Crippen molar-refractivity contribution in [2.24, 2.45) is 0 Å². The largest absolute Gasteiger partial charge is 0.416 e. The average molecular weight is 958 g/mol. The predicted octanol–water partition coefficient (Wildman–Crippen LogP) is 16.1. The van der Waals surface area contributed by atoms with Gasteiger partial charge in [-0.3, -0.25) is 4.98 Å². The van der Waals surface area contributed by atoms with Gasteiger partial charge in [0.05, 0.1) is 85.5 Å². The lowest BCUT2D eigenvalue weighted by molar-refractivity contribution is -0.137. The number of alkyl halides is 3. The van der Waals surface area contributed by atoms with Crippen molar-refractivity contribution in [3.63, 3.8) is 0 Å². The van der Waals surface area contributed by atoms with Crippen molar-refractivity contribution in [3.8, 4) is 91.3 Å². The molecule has 0 aliphatic carbocycles. The number of hydrogen-bond donors (Lipinski definition) is 0. The van der Waals surface area contributed by atoms with Crippen molar-refractivity contribution < 1.29 is 13.2 Å². The summed E-state index contributed by atoms with van der Waals surface area (Å²) in [4.78, 5) is 4.63. The second-order valence-electron chi connectivity index (χ2n) is 18.0. The Morgan fingerprint density at radius 1 is 0.351 bits per heavy atom. The van der Waals surface area contributed by atoms with E-state index in [0.29, 0.717) is 50.1 Å². The van der Waals surface area contributed by atoms with Gasteiger partial charge in [0.25, 0.3) is 0 Å². The van der Waals surface area contributed by atoms with Crippen LogP contribution in [0.5, 0.6) is 0 Å². The number of rotatable bonds is 7. The van der Waals surface area contributed by atoms with Gasteiger partial charge >= 0.3 is 6.18 Å².